The SMILES string of the molecule is CC[C@H]1CSC2=N[C@H](c3ccccn3)[C@@H](c3cc(C)[nH]c3C)N21. The molecule has 120 valence electrons. The van der Waals surface area contributed by atoms with Crippen molar-refractivity contribution >= 4 is 16.9 Å². The van der Waals surface area contributed by atoms with E-state index in [4.69, 9.17) is 4.99 Å². The Morgan fingerprint density at radius 3 is 2.87 bits per heavy atom. The highest BCUT2D eigenvalue weighted by Gasteiger charge is 2.46. The van der Waals surface area contributed by atoms with E-state index in [1.54, 1.807) is 0 Å². The second kappa shape index (κ2) is 5.71. The lowest BCUT2D eigenvalue weighted by Crippen LogP contribution is -2.35. The van der Waals surface area contributed by atoms with E-state index >= 15 is 0 Å². The number of aryl methyl sites for hydroxylation is 2. The molecule has 2 aliphatic rings. The van der Waals surface area contributed by atoms with Crippen molar-refractivity contribution in [2.75, 3.05) is 5.75 Å². The molecule has 2 aromatic rings. The normalized spacial score (nSPS) is 26.5. The van der Waals surface area contributed by atoms with Crippen LogP contribution in [0.1, 0.15) is 48.1 Å². The molecule has 2 aliphatic heterocycles. The predicted octanol–water partition coefficient (Wildman–Crippen LogP) is 4.01. The smallest absolute Gasteiger partial charge is 0.160 e. The number of fused-ring (bicyclic) bond motifs is 1. The van der Waals surface area contributed by atoms with Gasteiger partial charge in [0, 0.05) is 29.4 Å². The maximum Gasteiger partial charge on any atom is 0.160 e. The van der Waals surface area contributed by atoms with E-state index in [-0.39, 0.29) is 12.1 Å². The fourth-order valence-corrected chi connectivity index (χ4v) is 5.08. The quantitative estimate of drug-likeness (QED) is 0.927. The Kier molecular flexibility index (Phi) is 3.68. The van der Waals surface area contributed by atoms with Gasteiger partial charge in [0.05, 0.1) is 11.7 Å². The van der Waals surface area contributed by atoms with Crippen molar-refractivity contribution in [3.8, 4) is 0 Å². The molecular weight excluding hydrogens is 304 g/mol. The average molecular weight is 326 g/mol. The highest BCUT2D eigenvalue weighted by molar-refractivity contribution is 8.14. The Morgan fingerprint density at radius 1 is 1.35 bits per heavy atom. The lowest BCUT2D eigenvalue weighted by molar-refractivity contribution is 0.254. The molecule has 0 saturated carbocycles. The number of thioether (sulfide) groups is 1. The van der Waals surface area contributed by atoms with E-state index in [2.05, 4.69) is 53.8 Å². The first-order valence-electron chi connectivity index (χ1n) is 8.25. The number of amidine groups is 1. The molecular formula is C18H22N4S. The third-order valence-corrected chi connectivity index (χ3v) is 5.96. The number of hydrogen-bond acceptors (Lipinski definition) is 4. The molecule has 1 saturated heterocycles. The van der Waals surface area contributed by atoms with E-state index in [0.29, 0.717) is 6.04 Å². The van der Waals surface area contributed by atoms with Gasteiger partial charge in [0.1, 0.15) is 6.04 Å². The standard InChI is InChI=1S/C18H22N4S/c1-4-13-10-23-18-21-16(15-7-5-6-8-19-15)17(22(13)18)14-9-11(2)20-12(14)3/h5-9,13,16-17,20H,4,10H2,1-3H3/t13-,16+,17+/m0/s1. The highest BCUT2D eigenvalue weighted by Crippen LogP contribution is 2.49. The number of nitrogens with zero attached hydrogens (tertiary/aromatic N) is 3. The molecule has 0 aromatic carbocycles. The Balaban J connectivity index is 1.82. The van der Waals surface area contributed by atoms with Gasteiger partial charge in [-0.1, -0.05) is 24.8 Å². The Hall–Kier alpha value is -1.75. The lowest BCUT2D eigenvalue weighted by Gasteiger charge is -2.31. The lowest BCUT2D eigenvalue weighted by atomic mass is 9.95. The molecule has 0 amide bonds. The van der Waals surface area contributed by atoms with Crippen LogP contribution in [-0.2, 0) is 0 Å². The highest BCUT2D eigenvalue weighted by atomic mass is 32.2. The molecule has 0 bridgehead atoms. The van der Waals surface area contributed by atoms with E-state index in [1.165, 1.54) is 22.1 Å². The second-order valence-electron chi connectivity index (χ2n) is 6.37. The number of aromatic nitrogens is 2. The van der Waals surface area contributed by atoms with Crippen molar-refractivity contribution < 1.29 is 0 Å². The summed E-state index contributed by atoms with van der Waals surface area (Å²) < 4.78 is 0. The first kappa shape index (κ1) is 14.8. The van der Waals surface area contributed by atoms with Gasteiger partial charge in [0.15, 0.2) is 5.17 Å². The Bertz CT molecular complexity index is 737. The molecule has 2 aromatic heterocycles. The molecule has 4 rings (SSSR count). The van der Waals surface area contributed by atoms with Crippen LogP contribution in [0.2, 0.25) is 0 Å². The maximum atomic E-state index is 5.06. The van der Waals surface area contributed by atoms with Crippen LogP contribution in [0.3, 0.4) is 0 Å². The summed E-state index contributed by atoms with van der Waals surface area (Å²) in [5.74, 6) is 1.14. The number of aromatic amines is 1. The molecule has 0 unspecified atom stereocenters. The fourth-order valence-electron chi connectivity index (χ4n) is 3.74. The van der Waals surface area contributed by atoms with Crippen molar-refractivity contribution in [2.45, 2.75) is 45.3 Å². The zero-order valence-corrected chi connectivity index (χ0v) is 14.6. The molecule has 1 N–H and O–H groups in total. The Morgan fingerprint density at radius 2 is 2.22 bits per heavy atom. The van der Waals surface area contributed by atoms with Crippen molar-refractivity contribution in [1.29, 1.82) is 0 Å². The summed E-state index contributed by atoms with van der Waals surface area (Å²) in [5, 5.41) is 1.19. The molecule has 4 nitrogen and oxygen atoms in total. The average Bonchev–Trinajstić information content (AvgIpc) is 3.21. The van der Waals surface area contributed by atoms with E-state index < -0.39 is 0 Å². The van der Waals surface area contributed by atoms with E-state index in [9.17, 15) is 0 Å². The molecule has 1 fully saturated rings. The van der Waals surface area contributed by atoms with Crippen molar-refractivity contribution in [3.05, 3.63) is 53.1 Å². The zero-order chi connectivity index (χ0) is 16.0. The topological polar surface area (TPSA) is 44.3 Å². The zero-order valence-electron chi connectivity index (χ0n) is 13.8. The van der Waals surface area contributed by atoms with Crippen LogP contribution in [0.5, 0.6) is 0 Å². The first-order valence-corrected chi connectivity index (χ1v) is 9.23. The van der Waals surface area contributed by atoms with Crippen LogP contribution in [0.15, 0.2) is 35.5 Å². The largest absolute Gasteiger partial charge is 0.362 e. The van der Waals surface area contributed by atoms with E-state index in [0.717, 1.165) is 17.9 Å². The minimum absolute atomic E-state index is 0.0851. The first-order chi connectivity index (χ1) is 11.2. The van der Waals surface area contributed by atoms with Crippen LogP contribution in [0.25, 0.3) is 0 Å². The van der Waals surface area contributed by atoms with Crippen LogP contribution in [-0.4, -0.2) is 31.8 Å². The van der Waals surface area contributed by atoms with Gasteiger partial charge in [0.25, 0.3) is 0 Å². The van der Waals surface area contributed by atoms with Gasteiger partial charge < -0.3 is 9.88 Å². The van der Waals surface area contributed by atoms with Crippen molar-refractivity contribution in [3.63, 3.8) is 0 Å². The van der Waals surface area contributed by atoms with Gasteiger partial charge in [-0.05, 0) is 44.0 Å². The second-order valence-corrected chi connectivity index (χ2v) is 7.36. The molecule has 0 aliphatic carbocycles. The van der Waals surface area contributed by atoms with E-state index in [1.807, 2.05) is 24.0 Å². The minimum atomic E-state index is 0.0851. The molecule has 4 heterocycles. The summed E-state index contributed by atoms with van der Waals surface area (Å²) in [7, 11) is 0. The van der Waals surface area contributed by atoms with Gasteiger partial charge in [-0.25, -0.2) is 0 Å². The molecule has 3 atom stereocenters. The van der Waals surface area contributed by atoms with Gasteiger partial charge in [0.2, 0.25) is 0 Å². The summed E-state index contributed by atoms with van der Waals surface area (Å²) in [6, 6.07) is 9.31. The minimum Gasteiger partial charge on any atom is -0.362 e. The monoisotopic (exact) mass is 326 g/mol. The van der Waals surface area contributed by atoms with Crippen LogP contribution in [0.4, 0.5) is 0 Å². The van der Waals surface area contributed by atoms with Crippen molar-refractivity contribution in [1.82, 2.24) is 14.9 Å². The number of H-pyrrole nitrogens is 1. The Labute approximate surface area is 141 Å². The number of hydrogen-bond donors (Lipinski definition) is 1. The number of nitrogens with one attached hydrogen (secondary N) is 1. The van der Waals surface area contributed by atoms with Gasteiger partial charge in [-0.2, -0.15) is 0 Å². The molecule has 0 radical (unpaired) electrons. The molecule has 23 heavy (non-hydrogen) atoms. The molecule has 5 heteroatoms. The predicted molar refractivity (Wildman–Crippen MR) is 95.8 cm³/mol. The summed E-state index contributed by atoms with van der Waals surface area (Å²) in [4.78, 5) is 15.7. The number of pyridine rings is 1. The van der Waals surface area contributed by atoms with Gasteiger partial charge in [-0.3, -0.25) is 9.98 Å². The summed E-state index contributed by atoms with van der Waals surface area (Å²) >= 11 is 1.89. The van der Waals surface area contributed by atoms with Crippen LogP contribution in [0, 0.1) is 13.8 Å². The third kappa shape index (κ3) is 2.38. The van der Waals surface area contributed by atoms with Crippen LogP contribution >= 0.6 is 11.8 Å². The summed E-state index contributed by atoms with van der Waals surface area (Å²) in [6.45, 7) is 6.56. The number of rotatable bonds is 3. The van der Waals surface area contributed by atoms with Gasteiger partial charge in [-0.15, -0.1) is 0 Å². The number of aliphatic imine (C=N–C) groups is 1. The van der Waals surface area contributed by atoms with Crippen LogP contribution < -0.4 is 0 Å². The fraction of sp³-hybridized carbons (Fsp3) is 0.444. The van der Waals surface area contributed by atoms with Crippen molar-refractivity contribution in [2.24, 2.45) is 4.99 Å². The molecule has 0 spiro atoms. The maximum absolute atomic E-state index is 5.06. The summed E-state index contributed by atoms with van der Waals surface area (Å²) in [5.41, 5.74) is 4.88. The van der Waals surface area contributed by atoms with Gasteiger partial charge >= 0.3 is 0 Å². The summed E-state index contributed by atoms with van der Waals surface area (Å²) in [6.07, 6.45) is 3.02. The third-order valence-electron chi connectivity index (χ3n) is 4.84.